The summed E-state index contributed by atoms with van der Waals surface area (Å²) in [5.74, 6) is 0. The van der Waals surface area contributed by atoms with Gasteiger partial charge in [0, 0.05) is 31.6 Å². The SMILES string of the molecule is OP(O)(O)=S(C1CCCCC1)C1CCCCC1.[Mo]. The first kappa shape index (κ1) is 17.4. The van der Waals surface area contributed by atoms with Crippen LogP contribution < -0.4 is 0 Å². The first-order valence-electron chi connectivity index (χ1n) is 6.89. The Morgan fingerprint density at radius 3 is 1.28 bits per heavy atom. The number of hydrogen-bond donors (Lipinski definition) is 3. The Hall–Kier alpha value is 1.35. The Kier molecular flexibility index (Phi) is 7.69. The minimum atomic E-state index is -3.64. The van der Waals surface area contributed by atoms with Crippen LogP contribution in [0.25, 0.3) is 0 Å². The molecule has 0 spiro atoms. The molecule has 2 aliphatic carbocycles. The van der Waals surface area contributed by atoms with Crippen LogP contribution in [0.5, 0.6) is 0 Å². The summed E-state index contributed by atoms with van der Waals surface area (Å²) < 4.78 is 0. The van der Waals surface area contributed by atoms with Gasteiger partial charge in [0.25, 0.3) is 6.72 Å². The molecule has 6 heteroatoms. The molecule has 2 aliphatic rings. The van der Waals surface area contributed by atoms with Crippen molar-refractivity contribution in [2.75, 3.05) is 0 Å². The molecule has 3 N–H and O–H groups in total. The van der Waals surface area contributed by atoms with E-state index in [1.165, 1.54) is 38.5 Å². The van der Waals surface area contributed by atoms with Crippen LogP contribution in [0.3, 0.4) is 0 Å². The molecule has 2 saturated carbocycles. The Balaban J connectivity index is 0.00000162. The third-order valence-corrected chi connectivity index (χ3v) is 10.4. The molecule has 2 fully saturated rings. The quantitative estimate of drug-likeness (QED) is 0.513. The fraction of sp³-hybridized carbons (Fsp3) is 1.00. The Morgan fingerprint density at radius 1 is 0.667 bits per heavy atom. The van der Waals surface area contributed by atoms with Gasteiger partial charge in [-0.05, 0) is 25.7 Å². The van der Waals surface area contributed by atoms with Crippen molar-refractivity contribution in [3.63, 3.8) is 0 Å². The molecule has 3 nitrogen and oxygen atoms in total. The fourth-order valence-electron chi connectivity index (χ4n) is 3.29. The average Bonchev–Trinajstić information content (AvgIpc) is 2.30. The summed E-state index contributed by atoms with van der Waals surface area (Å²) in [6, 6.07) is 0. The average molecular weight is 376 g/mol. The van der Waals surface area contributed by atoms with Gasteiger partial charge in [-0.15, -0.1) is 10.1 Å². The van der Waals surface area contributed by atoms with Crippen molar-refractivity contribution in [1.82, 2.24) is 0 Å². The maximum atomic E-state index is 9.82. The number of rotatable bonds is 2. The van der Waals surface area contributed by atoms with Crippen molar-refractivity contribution in [1.29, 1.82) is 0 Å². The molecule has 108 valence electrons. The van der Waals surface area contributed by atoms with E-state index in [0.717, 1.165) is 25.7 Å². The predicted octanol–water partition coefficient (Wildman–Crippen LogP) is 2.92. The van der Waals surface area contributed by atoms with Crippen molar-refractivity contribution < 1.29 is 35.7 Å². The second kappa shape index (κ2) is 7.95. The Morgan fingerprint density at radius 2 is 1.00 bits per heavy atom. The molecule has 0 radical (unpaired) electrons. The zero-order chi connectivity index (χ0) is 12.3. The van der Waals surface area contributed by atoms with E-state index in [9.17, 15) is 14.7 Å². The molecule has 0 aliphatic heterocycles. The molecule has 0 saturated heterocycles. The summed E-state index contributed by atoms with van der Waals surface area (Å²) in [5.41, 5.74) is 0. The summed E-state index contributed by atoms with van der Waals surface area (Å²) in [6.07, 6.45) is 11.7. The van der Waals surface area contributed by atoms with Gasteiger partial charge in [-0.2, -0.15) is 0 Å². The molecule has 0 bridgehead atoms. The van der Waals surface area contributed by atoms with E-state index in [0.29, 0.717) is 10.5 Å². The summed E-state index contributed by atoms with van der Waals surface area (Å²) in [4.78, 5) is 29.4. The summed E-state index contributed by atoms with van der Waals surface area (Å²) >= 11 is 0. The second-order valence-electron chi connectivity index (χ2n) is 5.38. The van der Waals surface area contributed by atoms with Crippen LogP contribution in [-0.4, -0.2) is 25.2 Å². The third-order valence-electron chi connectivity index (χ3n) is 4.07. The molecule has 0 atom stereocenters. The third kappa shape index (κ3) is 4.72. The maximum absolute atomic E-state index is 9.82. The van der Waals surface area contributed by atoms with Crippen LogP contribution >= 0.6 is 6.72 Å². The van der Waals surface area contributed by atoms with E-state index in [-0.39, 0.29) is 21.1 Å². The van der Waals surface area contributed by atoms with Crippen molar-refractivity contribution in [2.45, 2.75) is 74.7 Å². The van der Waals surface area contributed by atoms with Crippen LogP contribution in [0, 0.1) is 0 Å². The van der Waals surface area contributed by atoms with Crippen molar-refractivity contribution in [3.05, 3.63) is 0 Å². The van der Waals surface area contributed by atoms with Crippen LogP contribution in [-0.2, 0) is 31.1 Å². The molecular weight excluding hydrogens is 351 g/mol. The largest absolute Gasteiger partial charge is 0.329 e. The molecule has 0 aromatic rings. The van der Waals surface area contributed by atoms with Crippen molar-refractivity contribution >= 4 is 16.8 Å². The van der Waals surface area contributed by atoms with E-state index >= 15 is 0 Å². The van der Waals surface area contributed by atoms with Crippen molar-refractivity contribution in [3.8, 4) is 0 Å². The first-order valence-corrected chi connectivity index (χ1v) is 10.5. The van der Waals surface area contributed by atoms with Gasteiger partial charge in [0.05, 0.1) is 0 Å². The van der Waals surface area contributed by atoms with Gasteiger partial charge >= 0.3 is 0 Å². The molecule has 0 aromatic carbocycles. The molecule has 0 heterocycles. The molecule has 2 rings (SSSR count). The van der Waals surface area contributed by atoms with Gasteiger partial charge in [-0.1, -0.05) is 38.5 Å². The van der Waals surface area contributed by atoms with Crippen LogP contribution in [0.15, 0.2) is 0 Å². The normalized spacial score (nSPS) is 24.0. The van der Waals surface area contributed by atoms with Gasteiger partial charge in [-0.3, -0.25) is 0 Å². The van der Waals surface area contributed by atoms with Crippen molar-refractivity contribution in [2.24, 2.45) is 0 Å². The van der Waals surface area contributed by atoms with E-state index < -0.39 is 16.8 Å². The minimum absolute atomic E-state index is 0. The van der Waals surface area contributed by atoms with Gasteiger partial charge in [-0.25, -0.2) is 0 Å². The Labute approximate surface area is 127 Å². The van der Waals surface area contributed by atoms with E-state index in [4.69, 9.17) is 0 Å². The summed E-state index contributed by atoms with van der Waals surface area (Å²) in [5, 5.41) is 0.750. The van der Waals surface area contributed by atoms with Crippen LogP contribution in [0.2, 0.25) is 0 Å². The predicted molar refractivity (Wildman–Crippen MR) is 74.7 cm³/mol. The summed E-state index contributed by atoms with van der Waals surface area (Å²) in [7, 11) is -0.537. The first-order chi connectivity index (χ1) is 8.09. The zero-order valence-electron chi connectivity index (χ0n) is 10.8. The van der Waals surface area contributed by atoms with Crippen LogP contribution in [0.4, 0.5) is 0 Å². The summed E-state index contributed by atoms with van der Waals surface area (Å²) in [6.45, 7) is -3.64. The van der Waals surface area contributed by atoms with Gasteiger partial charge in [0.15, 0.2) is 0 Å². The standard InChI is InChI=1S/C12H25O3PS.Mo/c13-16(14,15)17(11-7-3-1-4-8-11)12-9-5-2-6-10-12;/h11-15H,1-10H2;. The molecule has 0 unspecified atom stereocenters. The van der Waals surface area contributed by atoms with E-state index in [1.54, 1.807) is 0 Å². The van der Waals surface area contributed by atoms with E-state index in [2.05, 4.69) is 0 Å². The van der Waals surface area contributed by atoms with Gasteiger partial charge in [0.2, 0.25) is 0 Å². The monoisotopic (exact) mass is 378 g/mol. The minimum Gasteiger partial charge on any atom is -0.329 e. The smallest absolute Gasteiger partial charge is 0.277 e. The second-order valence-corrected chi connectivity index (χ2v) is 11.2. The molecule has 0 amide bonds. The molecule has 0 aromatic heterocycles. The Bertz CT molecular complexity index is 278. The molecular formula is C12H25MoO3PS. The van der Waals surface area contributed by atoms with E-state index in [1.807, 2.05) is 0 Å². The molecule has 18 heavy (non-hydrogen) atoms. The topological polar surface area (TPSA) is 60.7 Å². The maximum Gasteiger partial charge on any atom is 0.277 e. The fourth-order valence-corrected chi connectivity index (χ4v) is 9.93. The van der Waals surface area contributed by atoms with Gasteiger partial charge in [0.1, 0.15) is 0 Å². The van der Waals surface area contributed by atoms with Crippen LogP contribution in [0.1, 0.15) is 64.2 Å². The number of hydrogen-bond acceptors (Lipinski definition) is 0. The van der Waals surface area contributed by atoms with Gasteiger partial charge < -0.3 is 14.7 Å². The zero-order valence-corrected chi connectivity index (χ0v) is 14.5.